The molecule has 3 aromatic carbocycles. The van der Waals surface area contributed by atoms with E-state index in [0.717, 1.165) is 37.0 Å². The van der Waals surface area contributed by atoms with Crippen LogP contribution in [0.1, 0.15) is 30.0 Å². The van der Waals surface area contributed by atoms with Gasteiger partial charge >= 0.3 is 0 Å². The van der Waals surface area contributed by atoms with Gasteiger partial charge in [-0.15, -0.1) is 0 Å². The minimum Gasteiger partial charge on any atom is -0.307 e. The van der Waals surface area contributed by atoms with Crippen LogP contribution in [0, 0.1) is 5.92 Å². The molecule has 3 heterocycles. The van der Waals surface area contributed by atoms with Gasteiger partial charge < -0.3 is 4.48 Å². The highest BCUT2D eigenvalue weighted by molar-refractivity contribution is 5.94. The maximum absolute atomic E-state index is 13.4. The van der Waals surface area contributed by atoms with Gasteiger partial charge in [-0.2, -0.15) is 0 Å². The molecule has 3 aliphatic heterocycles. The molecule has 3 aliphatic rings. The molecule has 2 bridgehead atoms. The van der Waals surface area contributed by atoms with Gasteiger partial charge in [0.25, 0.3) is 0 Å². The fraction of sp³-hybridized carbons (Fsp3) is 0.292. The van der Waals surface area contributed by atoms with Gasteiger partial charge in [0.2, 0.25) is 0 Å². The largest absolute Gasteiger partial charge is 0.307 e. The van der Waals surface area contributed by atoms with Gasteiger partial charge in [-0.1, -0.05) is 72.8 Å². The first kappa shape index (κ1) is 15.8. The molecule has 0 aromatic heterocycles. The number of ketones is 1. The number of rotatable bonds is 3. The summed E-state index contributed by atoms with van der Waals surface area (Å²) in [5.74, 6) is 0.726. The lowest BCUT2D eigenvalue weighted by Gasteiger charge is -2.53. The van der Waals surface area contributed by atoms with Crippen LogP contribution in [0.2, 0.25) is 0 Å². The summed E-state index contributed by atoms with van der Waals surface area (Å²) in [6.07, 6.45) is 2.10. The monoisotopic (exact) mass is 342 g/mol. The molecular formula is C24H24NO+. The van der Waals surface area contributed by atoms with Crippen molar-refractivity contribution in [2.75, 3.05) is 13.1 Å². The van der Waals surface area contributed by atoms with Gasteiger partial charge in [0.05, 0.1) is 13.1 Å². The summed E-state index contributed by atoms with van der Waals surface area (Å²) >= 11 is 0. The molecule has 0 saturated carbocycles. The van der Waals surface area contributed by atoms with Gasteiger partial charge in [0.15, 0.2) is 11.8 Å². The van der Waals surface area contributed by atoms with Crippen LogP contribution in [0.15, 0.2) is 72.8 Å². The van der Waals surface area contributed by atoms with E-state index in [9.17, 15) is 4.79 Å². The van der Waals surface area contributed by atoms with E-state index < -0.39 is 0 Å². The number of benzene rings is 3. The third-order valence-corrected chi connectivity index (χ3v) is 6.52. The molecule has 0 radical (unpaired) electrons. The number of nitrogens with zero attached hydrogens (tertiary/aromatic N) is 1. The van der Waals surface area contributed by atoms with Crippen molar-refractivity contribution >= 4 is 16.6 Å². The van der Waals surface area contributed by atoms with Crippen molar-refractivity contribution in [1.29, 1.82) is 0 Å². The van der Waals surface area contributed by atoms with Crippen molar-refractivity contribution in [2.24, 2.45) is 5.92 Å². The lowest BCUT2D eigenvalue weighted by atomic mass is 9.75. The second-order valence-electron chi connectivity index (χ2n) is 7.96. The standard InChI is InChI=1S/C24H24NO/c26-24-20-13-15-25(16-14-20,17-18-7-2-1-3-8-18)23(24)22-12-6-10-19-9-4-5-11-21(19)22/h1-12,20,23H,13-17H2/q+1. The predicted octanol–water partition coefficient (Wildman–Crippen LogP) is 4.89. The van der Waals surface area contributed by atoms with E-state index >= 15 is 0 Å². The van der Waals surface area contributed by atoms with Crippen LogP contribution >= 0.6 is 0 Å². The quantitative estimate of drug-likeness (QED) is 0.619. The molecule has 3 aromatic rings. The number of Topliss-reactive ketones (excluding diaryl/α,β-unsaturated/α-hetero) is 1. The van der Waals surface area contributed by atoms with Crippen LogP contribution in [0.4, 0.5) is 0 Å². The van der Waals surface area contributed by atoms with Crippen molar-refractivity contribution in [3.8, 4) is 0 Å². The van der Waals surface area contributed by atoms with E-state index in [2.05, 4.69) is 72.8 Å². The summed E-state index contributed by atoms with van der Waals surface area (Å²) in [5.41, 5.74) is 2.57. The molecule has 2 heteroatoms. The summed E-state index contributed by atoms with van der Waals surface area (Å²) in [6, 6.07) is 25.7. The van der Waals surface area contributed by atoms with Crippen molar-refractivity contribution in [3.63, 3.8) is 0 Å². The minimum absolute atomic E-state index is 0.0196. The van der Waals surface area contributed by atoms with Gasteiger partial charge in [-0.25, -0.2) is 0 Å². The third-order valence-electron chi connectivity index (χ3n) is 6.52. The van der Waals surface area contributed by atoms with Crippen molar-refractivity contribution in [1.82, 2.24) is 0 Å². The van der Waals surface area contributed by atoms with Gasteiger partial charge in [-0.3, -0.25) is 4.79 Å². The number of fused-ring (bicyclic) bond motifs is 4. The molecule has 1 unspecified atom stereocenters. The first-order chi connectivity index (χ1) is 12.8. The Bertz CT molecular complexity index is 949. The van der Waals surface area contributed by atoms with Crippen LogP contribution in [-0.4, -0.2) is 23.4 Å². The topological polar surface area (TPSA) is 17.1 Å². The summed E-state index contributed by atoms with van der Waals surface area (Å²) in [4.78, 5) is 13.4. The van der Waals surface area contributed by atoms with Crippen molar-refractivity contribution in [2.45, 2.75) is 25.4 Å². The molecule has 0 spiro atoms. The molecular weight excluding hydrogens is 318 g/mol. The number of carbonyl (C=O) groups excluding carboxylic acids is 1. The highest BCUT2D eigenvalue weighted by Crippen LogP contribution is 2.46. The second-order valence-corrected chi connectivity index (χ2v) is 7.96. The summed E-state index contributed by atoms with van der Waals surface area (Å²) in [5, 5.41) is 2.48. The number of quaternary nitrogens is 1. The zero-order chi connectivity index (χ0) is 17.6. The Morgan fingerprint density at radius 1 is 0.808 bits per heavy atom. The normalized spacial score (nSPS) is 27.8. The maximum Gasteiger partial charge on any atom is 0.198 e. The van der Waals surface area contributed by atoms with Crippen molar-refractivity contribution < 1.29 is 9.28 Å². The lowest BCUT2D eigenvalue weighted by molar-refractivity contribution is -0.970. The Labute approximate surface area is 154 Å². The van der Waals surface area contributed by atoms with Crippen LogP contribution in [0.25, 0.3) is 10.8 Å². The lowest BCUT2D eigenvalue weighted by Crippen LogP contribution is -2.63. The average molecular weight is 342 g/mol. The van der Waals surface area contributed by atoms with Gasteiger partial charge in [-0.05, 0) is 10.8 Å². The number of carbonyl (C=O) groups is 1. The Hall–Kier alpha value is -2.45. The van der Waals surface area contributed by atoms with E-state index in [-0.39, 0.29) is 12.0 Å². The average Bonchev–Trinajstić information content (AvgIpc) is 2.69. The molecule has 3 saturated heterocycles. The number of hydrogen-bond acceptors (Lipinski definition) is 1. The molecule has 0 amide bonds. The third kappa shape index (κ3) is 2.40. The second kappa shape index (κ2) is 6.07. The summed E-state index contributed by atoms with van der Waals surface area (Å²) in [6.45, 7) is 3.17. The minimum atomic E-state index is -0.0196. The van der Waals surface area contributed by atoms with Gasteiger partial charge in [0.1, 0.15) is 6.54 Å². The Morgan fingerprint density at radius 3 is 2.31 bits per heavy atom. The van der Waals surface area contributed by atoms with E-state index in [4.69, 9.17) is 0 Å². The fourth-order valence-electron chi connectivity index (χ4n) is 5.25. The predicted molar refractivity (Wildman–Crippen MR) is 105 cm³/mol. The SMILES string of the molecule is O=C1C2CC[N+](Cc3ccccc3)(CC2)C1c1cccc2ccccc12. The summed E-state index contributed by atoms with van der Waals surface area (Å²) < 4.78 is 0.896. The first-order valence-corrected chi connectivity index (χ1v) is 9.68. The highest BCUT2D eigenvalue weighted by atomic mass is 16.1. The zero-order valence-corrected chi connectivity index (χ0v) is 15.0. The van der Waals surface area contributed by atoms with E-state index in [1.54, 1.807) is 0 Å². The first-order valence-electron chi connectivity index (χ1n) is 9.68. The summed E-state index contributed by atoms with van der Waals surface area (Å²) in [7, 11) is 0. The molecule has 1 atom stereocenters. The van der Waals surface area contributed by atoms with E-state index in [1.165, 1.54) is 21.9 Å². The highest BCUT2D eigenvalue weighted by Gasteiger charge is 2.54. The Balaban J connectivity index is 1.66. The fourth-order valence-corrected chi connectivity index (χ4v) is 5.25. The van der Waals surface area contributed by atoms with E-state index in [1.807, 2.05) is 0 Å². The molecule has 6 rings (SSSR count). The number of hydrogen-bond donors (Lipinski definition) is 0. The molecule has 3 fully saturated rings. The maximum atomic E-state index is 13.4. The van der Waals surface area contributed by atoms with Crippen LogP contribution < -0.4 is 0 Å². The van der Waals surface area contributed by atoms with Gasteiger partial charge in [0, 0.05) is 29.9 Å². The van der Waals surface area contributed by atoms with Crippen LogP contribution in [0.5, 0.6) is 0 Å². The Kier molecular flexibility index (Phi) is 3.68. The Morgan fingerprint density at radius 2 is 1.50 bits per heavy atom. The smallest absolute Gasteiger partial charge is 0.198 e. The van der Waals surface area contributed by atoms with Crippen molar-refractivity contribution in [3.05, 3.63) is 83.9 Å². The molecule has 2 nitrogen and oxygen atoms in total. The zero-order valence-electron chi connectivity index (χ0n) is 15.0. The van der Waals surface area contributed by atoms with Crippen LogP contribution in [-0.2, 0) is 11.3 Å². The number of piperidine rings is 3. The van der Waals surface area contributed by atoms with Crippen LogP contribution in [0.3, 0.4) is 0 Å². The molecule has 130 valence electrons. The molecule has 0 aliphatic carbocycles. The molecule has 26 heavy (non-hydrogen) atoms. The molecule has 0 N–H and O–H groups in total. The van der Waals surface area contributed by atoms with E-state index in [0.29, 0.717) is 5.78 Å².